The number of anilines is 1. The van der Waals surface area contributed by atoms with Crippen molar-refractivity contribution >= 4 is 41.5 Å². The zero-order chi connectivity index (χ0) is 16.9. The van der Waals surface area contributed by atoms with Crippen LogP contribution in [0.4, 0.5) is 5.69 Å². The number of hydrogen-bond donors (Lipinski definition) is 2. The van der Waals surface area contributed by atoms with Crippen LogP contribution in [-0.4, -0.2) is 42.9 Å². The Bertz CT molecular complexity index is 612. The molecular formula is C18H25Cl2N3O2. The van der Waals surface area contributed by atoms with Crippen LogP contribution < -0.4 is 10.6 Å². The molecule has 0 aromatic heterocycles. The van der Waals surface area contributed by atoms with Gasteiger partial charge in [-0.1, -0.05) is 11.6 Å². The van der Waals surface area contributed by atoms with Gasteiger partial charge < -0.3 is 15.5 Å². The SMILES string of the molecule is Cl.O=C(Nc1ccc(C(=O)N2CCCCC2)c(Cl)c1)C1CCCNC1. The van der Waals surface area contributed by atoms with Crippen LogP contribution in [0.25, 0.3) is 0 Å². The molecule has 2 saturated heterocycles. The maximum atomic E-state index is 12.5. The molecule has 138 valence electrons. The predicted octanol–water partition coefficient (Wildman–Crippen LogP) is 3.33. The molecule has 1 unspecified atom stereocenters. The third-order valence-electron chi connectivity index (χ3n) is 4.78. The highest BCUT2D eigenvalue weighted by Gasteiger charge is 2.23. The molecule has 2 N–H and O–H groups in total. The van der Waals surface area contributed by atoms with Crippen LogP contribution in [0.1, 0.15) is 42.5 Å². The first-order valence-corrected chi connectivity index (χ1v) is 9.13. The summed E-state index contributed by atoms with van der Waals surface area (Å²) in [5, 5.41) is 6.54. The summed E-state index contributed by atoms with van der Waals surface area (Å²) in [7, 11) is 0. The molecule has 2 amide bonds. The van der Waals surface area contributed by atoms with Crippen LogP contribution in [0.15, 0.2) is 18.2 Å². The summed E-state index contributed by atoms with van der Waals surface area (Å²) in [6, 6.07) is 5.15. The lowest BCUT2D eigenvalue weighted by atomic mass is 9.99. The molecule has 7 heteroatoms. The molecule has 0 aliphatic carbocycles. The van der Waals surface area contributed by atoms with Gasteiger partial charge in [0.2, 0.25) is 5.91 Å². The number of nitrogens with zero attached hydrogens (tertiary/aromatic N) is 1. The Morgan fingerprint density at radius 1 is 1.16 bits per heavy atom. The molecule has 1 atom stereocenters. The number of hydrogen-bond acceptors (Lipinski definition) is 3. The number of halogens is 2. The second-order valence-electron chi connectivity index (χ2n) is 6.58. The van der Waals surface area contributed by atoms with Crippen molar-refractivity contribution in [1.82, 2.24) is 10.2 Å². The van der Waals surface area contributed by atoms with Gasteiger partial charge in [-0.25, -0.2) is 0 Å². The van der Waals surface area contributed by atoms with Crippen LogP contribution in [0, 0.1) is 5.92 Å². The van der Waals surface area contributed by atoms with Gasteiger partial charge in [0.05, 0.1) is 16.5 Å². The molecule has 0 bridgehead atoms. The molecule has 2 heterocycles. The first-order chi connectivity index (χ1) is 11.6. The largest absolute Gasteiger partial charge is 0.339 e. The zero-order valence-corrected chi connectivity index (χ0v) is 15.8. The topological polar surface area (TPSA) is 61.4 Å². The first kappa shape index (κ1) is 20.0. The van der Waals surface area contributed by atoms with Crippen molar-refractivity contribution in [3.8, 4) is 0 Å². The minimum Gasteiger partial charge on any atom is -0.339 e. The highest BCUT2D eigenvalue weighted by Crippen LogP contribution is 2.24. The second kappa shape index (κ2) is 9.41. The van der Waals surface area contributed by atoms with Crippen molar-refractivity contribution in [2.45, 2.75) is 32.1 Å². The van der Waals surface area contributed by atoms with Gasteiger partial charge in [-0.3, -0.25) is 9.59 Å². The number of rotatable bonds is 3. The number of carbonyl (C=O) groups is 2. The Morgan fingerprint density at radius 2 is 1.92 bits per heavy atom. The Labute approximate surface area is 159 Å². The third-order valence-corrected chi connectivity index (χ3v) is 5.09. The van der Waals surface area contributed by atoms with E-state index in [1.54, 1.807) is 18.2 Å². The molecule has 2 aliphatic rings. The molecule has 0 saturated carbocycles. The summed E-state index contributed by atoms with van der Waals surface area (Å²) < 4.78 is 0. The van der Waals surface area contributed by atoms with Crippen molar-refractivity contribution < 1.29 is 9.59 Å². The number of amides is 2. The van der Waals surface area contributed by atoms with Gasteiger partial charge in [0.1, 0.15) is 0 Å². The number of piperidine rings is 2. The van der Waals surface area contributed by atoms with Gasteiger partial charge in [0.15, 0.2) is 0 Å². The first-order valence-electron chi connectivity index (χ1n) is 8.75. The average Bonchev–Trinajstić information content (AvgIpc) is 2.63. The van der Waals surface area contributed by atoms with E-state index in [1.165, 1.54) is 6.42 Å². The Hall–Kier alpha value is -1.30. The normalized spacial score (nSPS) is 20.5. The highest BCUT2D eigenvalue weighted by molar-refractivity contribution is 6.34. The lowest BCUT2D eigenvalue weighted by Gasteiger charge is -2.27. The van der Waals surface area contributed by atoms with E-state index in [-0.39, 0.29) is 30.1 Å². The Balaban J connectivity index is 0.00000225. The number of benzene rings is 1. The lowest BCUT2D eigenvalue weighted by Crippen LogP contribution is -2.37. The number of nitrogens with one attached hydrogen (secondary N) is 2. The lowest BCUT2D eigenvalue weighted by molar-refractivity contribution is -0.120. The van der Waals surface area contributed by atoms with E-state index in [2.05, 4.69) is 10.6 Å². The van der Waals surface area contributed by atoms with Crippen molar-refractivity contribution in [2.75, 3.05) is 31.5 Å². The smallest absolute Gasteiger partial charge is 0.255 e. The quantitative estimate of drug-likeness (QED) is 0.838. The van der Waals surface area contributed by atoms with Crippen LogP contribution >= 0.6 is 24.0 Å². The van der Waals surface area contributed by atoms with Gasteiger partial charge in [-0.15, -0.1) is 12.4 Å². The summed E-state index contributed by atoms with van der Waals surface area (Å²) in [6.45, 7) is 3.28. The van der Waals surface area contributed by atoms with Gasteiger partial charge in [-0.05, 0) is 56.8 Å². The molecule has 0 spiro atoms. The fraction of sp³-hybridized carbons (Fsp3) is 0.556. The number of carbonyl (C=O) groups excluding carboxylic acids is 2. The maximum absolute atomic E-state index is 12.5. The van der Waals surface area contributed by atoms with E-state index in [4.69, 9.17) is 11.6 Å². The van der Waals surface area contributed by atoms with Gasteiger partial charge in [-0.2, -0.15) is 0 Å². The summed E-state index contributed by atoms with van der Waals surface area (Å²) in [6.07, 6.45) is 5.19. The van der Waals surface area contributed by atoms with E-state index in [0.29, 0.717) is 22.8 Å². The fourth-order valence-electron chi connectivity index (χ4n) is 3.35. The van der Waals surface area contributed by atoms with Crippen molar-refractivity contribution in [2.24, 2.45) is 5.92 Å². The minimum atomic E-state index is -0.0194. The third kappa shape index (κ3) is 5.09. The Morgan fingerprint density at radius 3 is 2.56 bits per heavy atom. The van der Waals surface area contributed by atoms with E-state index >= 15 is 0 Å². The van der Waals surface area contributed by atoms with Crippen molar-refractivity contribution in [3.05, 3.63) is 28.8 Å². The van der Waals surface area contributed by atoms with Crippen LogP contribution in [0.3, 0.4) is 0 Å². The molecule has 1 aromatic rings. The maximum Gasteiger partial charge on any atom is 0.255 e. The molecular weight excluding hydrogens is 361 g/mol. The molecule has 1 aromatic carbocycles. The molecule has 0 radical (unpaired) electrons. The number of likely N-dealkylation sites (tertiary alicyclic amines) is 1. The monoisotopic (exact) mass is 385 g/mol. The second-order valence-corrected chi connectivity index (χ2v) is 6.99. The molecule has 25 heavy (non-hydrogen) atoms. The highest BCUT2D eigenvalue weighted by atomic mass is 35.5. The molecule has 2 aliphatic heterocycles. The predicted molar refractivity (Wildman–Crippen MR) is 103 cm³/mol. The van der Waals surface area contributed by atoms with Crippen molar-refractivity contribution in [1.29, 1.82) is 0 Å². The molecule has 2 fully saturated rings. The van der Waals surface area contributed by atoms with Crippen molar-refractivity contribution in [3.63, 3.8) is 0 Å². The molecule has 3 rings (SSSR count). The van der Waals surface area contributed by atoms with Gasteiger partial charge in [0, 0.05) is 25.3 Å². The van der Waals surface area contributed by atoms with E-state index in [9.17, 15) is 9.59 Å². The Kier molecular flexibility index (Phi) is 7.54. The van der Waals surface area contributed by atoms with Gasteiger partial charge >= 0.3 is 0 Å². The minimum absolute atomic E-state index is 0. The summed E-state index contributed by atoms with van der Waals surface area (Å²) >= 11 is 6.30. The van der Waals surface area contributed by atoms with E-state index in [0.717, 1.165) is 45.3 Å². The van der Waals surface area contributed by atoms with Crippen LogP contribution in [0.5, 0.6) is 0 Å². The standard InChI is InChI=1S/C18H24ClN3O2.ClH/c19-16-11-14(21-17(23)13-5-4-8-20-12-13)6-7-15(16)18(24)22-9-2-1-3-10-22;/h6-7,11,13,20H,1-5,8-10,12H2,(H,21,23);1H. The average molecular weight is 386 g/mol. The fourth-order valence-corrected chi connectivity index (χ4v) is 3.61. The van der Waals surface area contributed by atoms with Crippen LogP contribution in [-0.2, 0) is 4.79 Å². The zero-order valence-electron chi connectivity index (χ0n) is 14.2. The summed E-state index contributed by atoms with van der Waals surface area (Å²) in [5.74, 6) is -0.0189. The summed E-state index contributed by atoms with van der Waals surface area (Å²) in [4.78, 5) is 26.7. The van der Waals surface area contributed by atoms with E-state index in [1.807, 2.05) is 4.90 Å². The van der Waals surface area contributed by atoms with Crippen LogP contribution in [0.2, 0.25) is 5.02 Å². The van der Waals surface area contributed by atoms with Gasteiger partial charge in [0.25, 0.3) is 5.91 Å². The summed E-state index contributed by atoms with van der Waals surface area (Å²) in [5.41, 5.74) is 1.15. The van der Waals surface area contributed by atoms with E-state index < -0.39 is 0 Å². The molecule has 5 nitrogen and oxygen atoms in total.